The van der Waals surface area contributed by atoms with Crippen LogP contribution in [-0.4, -0.2) is 18.2 Å². The Hall–Kier alpha value is -1.22. The molecule has 1 saturated heterocycles. The number of hydrogen-bond acceptors (Lipinski definition) is 3. The minimum atomic E-state index is 0.0600. The Morgan fingerprint density at radius 2 is 1.93 bits per heavy atom. The van der Waals surface area contributed by atoms with E-state index < -0.39 is 0 Å². The van der Waals surface area contributed by atoms with Gasteiger partial charge in [0, 0.05) is 13.1 Å². The van der Waals surface area contributed by atoms with Crippen molar-refractivity contribution in [2.75, 3.05) is 23.7 Å². The first-order chi connectivity index (χ1) is 7.31. The number of nitrogens with two attached hydrogens (primary N) is 1. The van der Waals surface area contributed by atoms with Gasteiger partial charge >= 0.3 is 0 Å². The summed E-state index contributed by atoms with van der Waals surface area (Å²) < 4.78 is 0. The molecule has 0 saturated carbocycles. The molecule has 1 fully saturated rings. The van der Waals surface area contributed by atoms with Crippen molar-refractivity contribution < 1.29 is 5.11 Å². The molecular weight excluding hydrogens is 188 g/mol. The van der Waals surface area contributed by atoms with Crippen LogP contribution >= 0.6 is 0 Å². The Kier molecular flexibility index (Phi) is 3.11. The van der Waals surface area contributed by atoms with E-state index in [9.17, 15) is 0 Å². The molecule has 3 N–H and O–H groups in total. The van der Waals surface area contributed by atoms with E-state index in [-0.39, 0.29) is 6.61 Å². The van der Waals surface area contributed by atoms with Gasteiger partial charge in [-0.2, -0.15) is 0 Å². The predicted octanol–water partition coefficient (Wildman–Crippen LogP) is 1.75. The van der Waals surface area contributed by atoms with Crippen LogP contribution < -0.4 is 10.6 Å². The Labute approximate surface area is 90.5 Å². The average Bonchev–Trinajstić information content (AvgIpc) is 2.30. The molecule has 0 bridgehead atoms. The Bertz CT molecular complexity index is 332. The highest BCUT2D eigenvalue weighted by Gasteiger charge is 2.13. The maximum Gasteiger partial charge on any atom is 0.0682 e. The van der Waals surface area contributed by atoms with E-state index in [0.717, 1.165) is 30.0 Å². The maximum absolute atomic E-state index is 8.99. The van der Waals surface area contributed by atoms with Crippen molar-refractivity contribution in [2.45, 2.75) is 25.9 Å². The lowest BCUT2D eigenvalue weighted by Gasteiger charge is -2.30. The fourth-order valence-corrected chi connectivity index (χ4v) is 2.13. The number of piperidine rings is 1. The third kappa shape index (κ3) is 2.23. The zero-order chi connectivity index (χ0) is 10.7. The van der Waals surface area contributed by atoms with Gasteiger partial charge in [-0.1, -0.05) is 6.07 Å². The molecule has 0 aliphatic carbocycles. The Morgan fingerprint density at radius 1 is 1.20 bits per heavy atom. The first-order valence-corrected chi connectivity index (χ1v) is 5.55. The zero-order valence-electron chi connectivity index (χ0n) is 8.95. The molecule has 1 aliphatic heterocycles. The van der Waals surface area contributed by atoms with Gasteiger partial charge in [0.25, 0.3) is 0 Å². The quantitative estimate of drug-likeness (QED) is 0.725. The second-order valence-electron chi connectivity index (χ2n) is 4.10. The van der Waals surface area contributed by atoms with Gasteiger partial charge in [-0.15, -0.1) is 0 Å². The van der Waals surface area contributed by atoms with Crippen LogP contribution in [0.4, 0.5) is 11.4 Å². The lowest BCUT2D eigenvalue weighted by atomic mass is 10.1. The molecule has 0 atom stereocenters. The minimum Gasteiger partial charge on any atom is -0.397 e. The third-order valence-corrected chi connectivity index (χ3v) is 2.97. The number of nitrogens with zero attached hydrogens (tertiary/aromatic N) is 1. The van der Waals surface area contributed by atoms with Crippen molar-refractivity contribution in [2.24, 2.45) is 0 Å². The second kappa shape index (κ2) is 4.53. The number of anilines is 2. The summed E-state index contributed by atoms with van der Waals surface area (Å²) in [6.07, 6.45) is 3.83. The number of rotatable bonds is 2. The molecule has 1 aromatic rings. The molecule has 3 nitrogen and oxygen atoms in total. The fraction of sp³-hybridized carbons (Fsp3) is 0.500. The summed E-state index contributed by atoms with van der Waals surface area (Å²) >= 11 is 0. The van der Waals surface area contributed by atoms with Crippen molar-refractivity contribution in [1.82, 2.24) is 0 Å². The lowest BCUT2D eigenvalue weighted by molar-refractivity contribution is 0.282. The minimum absolute atomic E-state index is 0.0600. The molecule has 3 heteroatoms. The van der Waals surface area contributed by atoms with Crippen molar-refractivity contribution in [1.29, 1.82) is 0 Å². The van der Waals surface area contributed by atoms with Crippen LogP contribution in [0.15, 0.2) is 18.2 Å². The summed E-state index contributed by atoms with van der Waals surface area (Å²) in [6, 6.07) is 5.83. The molecule has 0 unspecified atom stereocenters. The molecule has 0 spiro atoms. The van der Waals surface area contributed by atoms with Crippen LogP contribution in [0.25, 0.3) is 0 Å². The van der Waals surface area contributed by atoms with E-state index in [1.165, 1.54) is 19.3 Å². The average molecular weight is 206 g/mol. The highest BCUT2D eigenvalue weighted by atomic mass is 16.3. The van der Waals surface area contributed by atoms with Crippen molar-refractivity contribution in [3.63, 3.8) is 0 Å². The summed E-state index contributed by atoms with van der Waals surface area (Å²) in [7, 11) is 0. The first-order valence-electron chi connectivity index (χ1n) is 5.55. The van der Waals surface area contributed by atoms with Gasteiger partial charge in [-0.05, 0) is 37.0 Å². The largest absolute Gasteiger partial charge is 0.397 e. The lowest BCUT2D eigenvalue weighted by Crippen LogP contribution is -2.30. The smallest absolute Gasteiger partial charge is 0.0682 e. The first kappa shape index (κ1) is 10.3. The normalized spacial score (nSPS) is 16.7. The van der Waals surface area contributed by atoms with Gasteiger partial charge in [0.1, 0.15) is 0 Å². The number of nitrogen functional groups attached to an aromatic ring is 1. The van der Waals surface area contributed by atoms with Crippen molar-refractivity contribution >= 4 is 11.4 Å². The molecule has 0 radical (unpaired) electrons. The molecule has 2 rings (SSSR count). The topological polar surface area (TPSA) is 49.5 Å². The molecule has 0 aromatic heterocycles. The van der Waals surface area contributed by atoms with E-state index in [0.29, 0.717) is 0 Å². The summed E-state index contributed by atoms with van der Waals surface area (Å²) in [5.41, 5.74) is 8.76. The standard InChI is InChI=1S/C12H18N2O/c13-11-8-10(9-15)4-5-12(11)14-6-2-1-3-7-14/h4-5,8,15H,1-3,6-7,9,13H2. The maximum atomic E-state index is 8.99. The van der Waals surface area contributed by atoms with E-state index in [4.69, 9.17) is 10.8 Å². The molecule has 82 valence electrons. The van der Waals surface area contributed by atoms with Crippen molar-refractivity contribution in [3.05, 3.63) is 23.8 Å². The van der Waals surface area contributed by atoms with Crippen LogP contribution in [0.2, 0.25) is 0 Å². The van der Waals surface area contributed by atoms with E-state index in [2.05, 4.69) is 4.90 Å². The van der Waals surface area contributed by atoms with E-state index >= 15 is 0 Å². The molecule has 1 heterocycles. The highest BCUT2D eigenvalue weighted by molar-refractivity contribution is 5.68. The van der Waals surface area contributed by atoms with Gasteiger partial charge in [0.15, 0.2) is 0 Å². The molecular formula is C12H18N2O. The number of hydrogen-bond donors (Lipinski definition) is 2. The Balaban J connectivity index is 2.19. The van der Waals surface area contributed by atoms with Crippen LogP contribution in [0, 0.1) is 0 Å². The predicted molar refractivity (Wildman–Crippen MR) is 62.8 cm³/mol. The van der Waals surface area contributed by atoms with Crippen LogP contribution in [0.5, 0.6) is 0 Å². The Morgan fingerprint density at radius 3 is 2.53 bits per heavy atom. The van der Waals surface area contributed by atoms with Crippen LogP contribution in [0.3, 0.4) is 0 Å². The van der Waals surface area contributed by atoms with Crippen molar-refractivity contribution in [3.8, 4) is 0 Å². The summed E-state index contributed by atoms with van der Waals surface area (Å²) in [5.74, 6) is 0. The van der Waals surface area contributed by atoms with Gasteiger partial charge < -0.3 is 15.7 Å². The second-order valence-corrected chi connectivity index (χ2v) is 4.10. The highest BCUT2D eigenvalue weighted by Crippen LogP contribution is 2.27. The summed E-state index contributed by atoms with van der Waals surface area (Å²) in [6.45, 7) is 2.26. The monoisotopic (exact) mass is 206 g/mol. The molecule has 1 aromatic carbocycles. The van der Waals surface area contributed by atoms with Gasteiger partial charge in [0.05, 0.1) is 18.0 Å². The molecule has 15 heavy (non-hydrogen) atoms. The number of aliphatic hydroxyl groups is 1. The summed E-state index contributed by atoms with van der Waals surface area (Å²) in [5, 5.41) is 8.99. The van der Waals surface area contributed by atoms with Gasteiger partial charge in [0.2, 0.25) is 0 Å². The van der Waals surface area contributed by atoms with Crippen LogP contribution in [-0.2, 0) is 6.61 Å². The van der Waals surface area contributed by atoms with Gasteiger partial charge in [-0.25, -0.2) is 0 Å². The number of aliphatic hydroxyl groups excluding tert-OH is 1. The van der Waals surface area contributed by atoms with Gasteiger partial charge in [-0.3, -0.25) is 0 Å². The number of benzene rings is 1. The summed E-state index contributed by atoms with van der Waals surface area (Å²) in [4.78, 5) is 2.33. The zero-order valence-corrected chi connectivity index (χ0v) is 8.95. The van der Waals surface area contributed by atoms with E-state index in [1.807, 2.05) is 18.2 Å². The molecule has 0 amide bonds. The van der Waals surface area contributed by atoms with Crippen LogP contribution in [0.1, 0.15) is 24.8 Å². The fourth-order valence-electron chi connectivity index (χ4n) is 2.13. The van der Waals surface area contributed by atoms with E-state index in [1.54, 1.807) is 0 Å². The third-order valence-electron chi connectivity index (χ3n) is 2.97. The molecule has 1 aliphatic rings. The SMILES string of the molecule is Nc1cc(CO)ccc1N1CCCCC1.